The van der Waals surface area contributed by atoms with Crippen molar-refractivity contribution in [3.63, 3.8) is 0 Å². The third-order valence-corrected chi connectivity index (χ3v) is 6.39. The Kier molecular flexibility index (Phi) is 6.99. The lowest BCUT2D eigenvalue weighted by Crippen LogP contribution is -2.43. The van der Waals surface area contributed by atoms with Crippen LogP contribution in [-0.4, -0.2) is 48.5 Å². The molecule has 1 fully saturated rings. The molecule has 1 aromatic heterocycles. The molecule has 1 saturated heterocycles. The van der Waals surface area contributed by atoms with Crippen LogP contribution in [0.25, 0.3) is 6.08 Å². The van der Waals surface area contributed by atoms with E-state index in [0.29, 0.717) is 0 Å². The van der Waals surface area contributed by atoms with E-state index >= 15 is 0 Å². The van der Waals surface area contributed by atoms with Crippen LogP contribution in [0.5, 0.6) is 5.75 Å². The fourth-order valence-corrected chi connectivity index (χ4v) is 5.10. The summed E-state index contributed by atoms with van der Waals surface area (Å²) >= 11 is 3.71. The molecule has 134 valence electrons. The van der Waals surface area contributed by atoms with E-state index in [-0.39, 0.29) is 0 Å². The summed E-state index contributed by atoms with van der Waals surface area (Å²) in [6, 6.07) is 12.7. The number of benzene rings is 1. The molecule has 2 heterocycles. The SMILES string of the molecule is CCOc1cc(SN2CCN(C/C=C/c3ccccc3)CC2)sc1C. The molecule has 25 heavy (non-hydrogen) atoms. The molecule has 0 N–H and O–H groups in total. The summed E-state index contributed by atoms with van der Waals surface area (Å²) in [6.07, 6.45) is 4.49. The molecule has 0 radical (unpaired) electrons. The number of nitrogens with zero attached hydrogens (tertiary/aromatic N) is 2. The van der Waals surface area contributed by atoms with Gasteiger partial charge in [0.2, 0.25) is 0 Å². The molecule has 0 spiro atoms. The molecule has 0 unspecified atom stereocenters. The summed E-state index contributed by atoms with van der Waals surface area (Å²) in [5.41, 5.74) is 1.27. The Balaban J connectivity index is 1.42. The Morgan fingerprint density at radius 1 is 1.16 bits per heavy atom. The van der Waals surface area contributed by atoms with Crippen molar-refractivity contribution in [2.75, 3.05) is 39.3 Å². The third kappa shape index (κ3) is 5.61. The van der Waals surface area contributed by atoms with E-state index < -0.39 is 0 Å². The van der Waals surface area contributed by atoms with Crippen molar-refractivity contribution in [2.24, 2.45) is 0 Å². The first-order chi connectivity index (χ1) is 12.2. The Hall–Kier alpha value is -1.27. The van der Waals surface area contributed by atoms with Gasteiger partial charge in [0, 0.05) is 43.7 Å². The average Bonchev–Trinajstić information content (AvgIpc) is 2.97. The molecule has 3 rings (SSSR count). The Labute approximate surface area is 159 Å². The monoisotopic (exact) mass is 374 g/mol. The van der Waals surface area contributed by atoms with Gasteiger partial charge >= 0.3 is 0 Å². The van der Waals surface area contributed by atoms with Crippen LogP contribution in [0.4, 0.5) is 0 Å². The predicted octanol–water partition coefficient (Wildman–Crippen LogP) is 4.79. The van der Waals surface area contributed by atoms with Crippen molar-refractivity contribution in [1.29, 1.82) is 0 Å². The highest BCUT2D eigenvalue weighted by Crippen LogP contribution is 2.37. The fraction of sp³-hybridized carbons (Fsp3) is 0.400. The lowest BCUT2D eigenvalue weighted by molar-refractivity contribution is 0.214. The third-order valence-electron chi connectivity index (χ3n) is 4.17. The number of hydrogen-bond donors (Lipinski definition) is 0. The summed E-state index contributed by atoms with van der Waals surface area (Å²) in [7, 11) is 0. The summed E-state index contributed by atoms with van der Waals surface area (Å²) in [5.74, 6) is 1.04. The van der Waals surface area contributed by atoms with E-state index in [2.05, 4.69) is 64.7 Å². The maximum Gasteiger partial charge on any atom is 0.134 e. The van der Waals surface area contributed by atoms with Crippen LogP contribution >= 0.6 is 23.3 Å². The van der Waals surface area contributed by atoms with Gasteiger partial charge < -0.3 is 4.74 Å². The van der Waals surface area contributed by atoms with E-state index in [1.807, 2.05) is 30.2 Å². The van der Waals surface area contributed by atoms with Gasteiger partial charge in [-0.3, -0.25) is 4.90 Å². The van der Waals surface area contributed by atoms with Gasteiger partial charge in [0.05, 0.1) is 10.8 Å². The zero-order valence-electron chi connectivity index (χ0n) is 15.0. The second-order valence-electron chi connectivity index (χ2n) is 6.05. The minimum absolute atomic E-state index is 0.733. The highest BCUT2D eigenvalue weighted by Gasteiger charge is 2.18. The lowest BCUT2D eigenvalue weighted by Gasteiger charge is -2.32. The van der Waals surface area contributed by atoms with Crippen LogP contribution in [0.15, 0.2) is 46.7 Å². The number of thiophene rings is 1. The van der Waals surface area contributed by atoms with Gasteiger partial charge in [-0.2, -0.15) is 0 Å². The van der Waals surface area contributed by atoms with Gasteiger partial charge in [-0.25, -0.2) is 4.31 Å². The maximum absolute atomic E-state index is 5.67. The molecule has 0 amide bonds. The first kappa shape index (κ1) is 18.5. The minimum Gasteiger partial charge on any atom is -0.493 e. The van der Waals surface area contributed by atoms with Crippen molar-refractivity contribution in [3.05, 3.63) is 52.9 Å². The topological polar surface area (TPSA) is 15.7 Å². The van der Waals surface area contributed by atoms with Gasteiger partial charge in [-0.15, -0.1) is 11.3 Å². The first-order valence-corrected chi connectivity index (χ1v) is 10.4. The summed E-state index contributed by atoms with van der Waals surface area (Å²) in [6.45, 7) is 10.4. The quantitative estimate of drug-likeness (QED) is 0.647. The van der Waals surface area contributed by atoms with E-state index in [0.717, 1.165) is 45.1 Å². The largest absolute Gasteiger partial charge is 0.493 e. The Bertz CT molecular complexity index is 676. The summed E-state index contributed by atoms with van der Waals surface area (Å²) in [4.78, 5) is 3.79. The minimum atomic E-state index is 0.733. The van der Waals surface area contributed by atoms with Crippen LogP contribution in [0, 0.1) is 6.92 Å². The molecule has 0 aliphatic carbocycles. The number of aryl methyl sites for hydroxylation is 1. The van der Waals surface area contributed by atoms with Gasteiger partial charge in [-0.1, -0.05) is 42.5 Å². The van der Waals surface area contributed by atoms with Crippen LogP contribution in [0.2, 0.25) is 0 Å². The van der Waals surface area contributed by atoms with Crippen LogP contribution in [-0.2, 0) is 0 Å². The van der Waals surface area contributed by atoms with Gasteiger partial charge in [-0.05, 0) is 31.4 Å². The highest BCUT2D eigenvalue weighted by molar-refractivity contribution is 7.99. The Morgan fingerprint density at radius 3 is 2.64 bits per heavy atom. The molecular weight excluding hydrogens is 348 g/mol. The second-order valence-corrected chi connectivity index (χ2v) is 8.71. The summed E-state index contributed by atoms with van der Waals surface area (Å²) < 4.78 is 9.47. The molecule has 2 aromatic rings. The number of piperazine rings is 1. The predicted molar refractivity (Wildman–Crippen MR) is 110 cm³/mol. The number of hydrogen-bond acceptors (Lipinski definition) is 5. The lowest BCUT2D eigenvalue weighted by atomic mass is 10.2. The number of ether oxygens (including phenoxy) is 1. The number of rotatable bonds is 7. The zero-order valence-corrected chi connectivity index (χ0v) is 16.6. The molecule has 1 aromatic carbocycles. The van der Waals surface area contributed by atoms with Gasteiger partial charge in [0.25, 0.3) is 0 Å². The van der Waals surface area contributed by atoms with Gasteiger partial charge in [0.1, 0.15) is 5.75 Å². The summed E-state index contributed by atoms with van der Waals surface area (Å²) in [5, 5.41) is 0. The van der Waals surface area contributed by atoms with Crippen molar-refractivity contribution in [1.82, 2.24) is 9.21 Å². The van der Waals surface area contributed by atoms with E-state index in [1.165, 1.54) is 14.6 Å². The van der Waals surface area contributed by atoms with Crippen molar-refractivity contribution in [3.8, 4) is 5.75 Å². The van der Waals surface area contributed by atoms with E-state index in [9.17, 15) is 0 Å². The van der Waals surface area contributed by atoms with E-state index in [4.69, 9.17) is 4.74 Å². The fourth-order valence-electron chi connectivity index (χ4n) is 2.82. The molecule has 3 nitrogen and oxygen atoms in total. The first-order valence-electron chi connectivity index (χ1n) is 8.84. The van der Waals surface area contributed by atoms with Crippen LogP contribution in [0.3, 0.4) is 0 Å². The molecule has 1 aliphatic rings. The highest BCUT2D eigenvalue weighted by atomic mass is 32.2. The zero-order chi connectivity index (χ0) is 17.5. The normalized spacial score (nSPS) is 16.6. The molecule has 0 bridgehead atoms. The molecular formula is C20H26N2OS2. The van der Waals surface area contributed by atoms with Crippen LogP contribution in [0.1, 0.15) is 17.4 Å². The van der Waals surface area contributed by atoms with Gasteiger partial charge in [0.15, 0.2) is 0 Å². The van der Waals surface area contributed by atoms with Crippen molar-refractivity contribution >= 4 is 29.4 Å². The molecule has 0 saturated carbocycles. The average molecular weight is 375 g/mol. The maximum atomic E-state index is 5.67. The molecule has 5 heteroatoms. The molecule has 0 atom stereocenters. The standard InChI is InChI=1S/C20H26N2OS2/c1-3-23-19-16-20(24-17(19)2)25-22-14-12-21(13-15-22)11-7-10-18-8-5-4-6-9-18/h4-10,16H,3,11-15H2,1-2H3/b10-7+. The second kappa shape index (κ2) is 9.43. The van der Waals surface area contributed by atoms with Crippen molar-refractivity contribution in [2.45, 2.75) is 18.1 Å². The van der Waals surface area contributed by atoms with E-state index in [1.54, 1.807) is 0 Å². The van der Waals surface area contributed by atoms with Crippen LogP contribution < -0.4 is 4.74 Å². The van der Waals surface area contributed by atoms with Crippen molar-refractivity contribution < 1.29 is 4.74 Å². The Morgan fingerprint density at radius 2 is 1.92 bits per heavy atom. The molecule has 1 aliphatic heterocycles. The smallest absolute Gasteiger partial charge is 0.134 e.